The number of benzene rings is 2. The maximum atomic E-state index is 13.5. The molecular formula is C25H26F3N5O3. The van der Waals surface area contributed by atoms with Crippen molar-refractivity contribution < 1.29 is 32.3 Å². The lowest BCUT2D eigenvalue weighted by molar-refractivity contribution is -0.787. The highest BCUT2D eigenvalue weighted by Gasteiger charge is 2.32. The molecule has 2 amide bonds. The van der Waals surface area contributed by atoms with Gasteiger partial charge in [-0.3, -0.25) is 14.8 Å². The van der Waals surface area contributed by atoms with E-state index in [0.717, 1.165) is 37.8 Å². The molecule has 0 bridgehead atoms. The molecule has 36 heavy (non-hydrogen) atoms. The number of alkyl halides is 3. The van der Waals surface area contributed by atoms with E-state index in [4.69, 9.17) is 4.52 Å². The number of amides is 2. The smallest absolute Gasteiger partial charge is 0.416 e. The summed E-state index contributed by atoms with van der Waals surface area (Å²) in [6.07, 6.45) is 2.11. The van der Waals surface area contributed by atoms with E-state index in [9.17, 15) is 23.1 Å². The van der Waals surface area contributed by atoms with Gasteiger partial charge in [0.1, 0.15) is 0 Å². The van der Waals surface area contributed by atoms with Crippen LogP contribution in [0.5, 0.6) is 0 Å². The summed E-state index contributed by atoms with van der Waals surface area (Å²) >= 11 is 0. The molecule has 1 fully saturated rings. The summed E-state index contributed by atoms with van der Waals surface area (Å²) < 4.78 is 47.3. The van der Waals surface area contributed by atoms with Gasteiger partial charge in [-0.2, -0.15) is 13.2 Å². The summed E-state index contributed by atoms with van der Waals surface area (Å²) in [6, 6.07) is 10.9. The van der Waals surface area contributed by atoms with Gasteiger partial charge in [0.2, 0.25) is 5.27 Å². The van der Waals surface area contributed by atoms with Gasteiger partial charge in [-0.25, -0.2) is 4.79 Å². The summed E-state index contributed by atoms with van der Waals surface area (Å²) in [5, 5.41) is 21.3. The molecule has 1 saturated carbocycles. The standard InChI is InChI=1S/C25H26F3N5O3/c1-16(17-8-4-2-5-9-17)23(34)29-19-12-18(25(26,27)28)13-20(14-19)30-24(35)31-22-15-33(32-36-22)21-10-6-3-7-11-21/h2,4-5,8-9,12-16,21H,3,6-7,10-11H2,1H3,(H2-,29,30,31,32,34,35)/t16-/m0/s1. The van der Waals surface area contributed by atoms with Crippen LogP contribution in [0.4, 0.5) is 35.2 Å². The van der Waals surface area contributed by atoms with Gasteiger partial charge in [0.05, 0.1) is 11.3 Å². The van der Waals surface area contributed by atoms with Gasteiger partial charge in [0.15, 0.2) is 6.04 Å². The Balaban J connectivity index is 1.50. The van der Waals surface area contributed by atoms with E-state index in [-0.39, 0.29) is 23.3 Å². The van der Waals surface area contributed by atoms with E-state index < -0.39 is 29.6 Å². The molecule has 1 aliphatic carbocycles. The molecule has 2 aromatic carbocycles. The van der Waals surface area contributed by atoms with Crippen LogP contribution in [0.25, 0.3) is 0 Å². The molecule has 8 nitrogen and oxygen atoms in total. The molecule has 1 aromatic heterocycles. The molecular weight excluding hydrogens is 475 g/mol. The summed E-state index contributed by atoms with van der Waals surface area (Å²) in [5.74, 6) is -1.20. The number of halogens is 3. The third-order valence-electron chi connectivity index (χ3n) is 6.08. The Kier molecular flexibility index (Phi) is 7.56. The van der Waals surface area contributed by atoms with Crippen LogP contribution in [0.2, 0.25) is 0 Å². The largest absolute Gasteiger partial charge is 0.861 e. The maximum Gasteiger partial charge on any atom is 0.416 e. The molecule has 2 N–H and O–H groups in total. The Labute approximate surface area is 205 Å². The van der Waals surface area contributed by atoms with Crippen molar-refractivity contribution in [2.24, 2.45) is 4.99 Å². The molecule has 0 unspecified atom stereocenters. The number of carbonyl (C=O) groups is 1. The third kappa shape index (κ3) is 6.41. The van der Waals surface area contributed by atoms with Gasteiger partial charge in [-0.15, -0.1) is 0 Å². The highest BCUT2D eigenvalue weighted by molar-refractivity contribution is 5.99. The fourth-order valence-electron chi connectivity index (χ4n) is 4.13. The first-order valence-electron chi connectivity index (χ1n) is 11.7. The first-order valence-corrected chi connectivity index (χ1v) is 11.7. The second-order valence-corrected chi connectivity index (χ2v) is 8.77. The molecule has 3 aromatic rings. The first kappa shape index (κ1) is 25.2. The van der Waals surface area contributed by atoms with Crippen LogP contribution in [0.15, 0.2) is 64.2 Å². The zero-order chi connectivity index (χ0) is 25.7. The zero-order valence-electron chi connectivity index (χ0n) is 19.6. The van der Waals surface area contributed by atoms with Crippen molar-refractivity contribution in [1.82, 2.24) is 5.27 Å². The van der Waals surface area contributed by atoms with Gasteiger partial charge < -0.3 is 10.4 Å². The normalized spacial score (nSPS) is 15.9. The molecule has 1 aliphatic rings. The highest BCUT2D eigenvalue weighted by atomic mass is 19.4. The summed E-state index contributed by atoms with van der Waals surface area (Å²) in [4.78, 5) is 16.3. The minimum Gasteiger partial charge on any atom is -0.861 e. The molecule has 0 aliphatic heterocycles. The lowest BCUT2D eigenvalue weighted by atomic mass is 9.96. The van der Waals surface area contributed by atoms with Crippen molar-refractivity contribution >= 4 is 29.2 Å². The van der Waals surface area contributed by atoms with E-state index in [1.165, 1.54) is 12.5 Å². The number of carbonyl (C=O) groups excluding carboxylic acids is 1. The molecule has 0 spiro atoms. The Hall–Kier alpha value is -3.89. The molecule has 0 radical (unpaired) electrons. The Bertz CT molecular complexity index is 1220. The van der Waals surface area contributed by atoms with E-state index in [0.29, 0.717) is 5.56 Å². The van der Waals surface area contributed by atoms with Gasteiger partial charge >= 0.3 is 18.1 Å². The maximum absolute atomic E-state index is 13.5. The number of hydrogen-bond acceptors (Lipinski definition) is 5. The second-order valence-electron chi connectivity index (χ2n) is 8.77. The SMILES string of the molecule is C[C@H](C([O-])=Nc1cc(NC(=O)Nc2c[n+](C3CCCCC3)no2)cc(C(F)(F)F)c1)c1ccccc1. The van der Waals surface area contributed by atoms with E-state index in [1.54, 1.807) is 48.1 Å². The molecule has 0 saturated heterocycles. The van der Waals surface area contributed by atoms with E-state index in [1.807, 2.05) is 0 Å². The van der Waals surface area contributed by atoms with Gasteiger partial charge in [0, 0.05) is 24.4 Å². The zero-order valence-corrected chi connectivity index (χ0v) is 19.6. The van der Waals surface area contributed by atoms with Crippen molar-refractivity contribution in [3.63, 3.8) is 0 Å². The number of nitrogens with one attached hydrogen (secondary N) is 2. The number of nitrogens with zero attached hydrogens (tertiary/aromatic N) is 3. The number of anilines is 2. The topological polar surface area (TPSA) is 106 Å². The first-order chi connectivity index (χ1) is 17.2. The molecule has 1 atom stereocenters. The summed E-state index contributed by atoms with van der Waals surface area (Å²) in [5.41, 5.74) is -0.758. The Morgan fingerprint density at radius 1 is 1.14 bits per heavy atom. The summed E-state index contributed by atoms with van der Waals surface area (Å²) in [6.45, 7) is 1.62. The van der Waals surface area contributed by atoms with Crippen LogP contribution >= 0.6 is 0 Å². The average Bonchev–Trinajstić information content (AvgIpc) is 3.32. The molecule has 190 valence electrons. The number of aromatic nitrogens is 2. The summed E-state index contributed by atoms with van der Waals surface area (Å²) in [7, 11) is 0. The number of rotatable bonds is 6. The number of hydrogen-bond donors (Lipinski definition) is 2. The minimum atomic E-state index is -4.71. The van der Waals surface area contributed by atoms with E-state index in [2.05, 4.69) is 20.9 Å². The fraction of sp³-hybridized carbons (Fsp3) is 0.360. The van der Waals surface area contributed by atoms with Gasteiger partial charge in [-0.1, -0.05) is 43.7 Å². The quantitative estimate of drug-likeness (QED) is 0.271. The van der Waals surface area contributed by atoms with Crippen LogP contribution in [0.3, 0.4) is 0 Å². The van der Waals surface area contributed by atoms with Crippen LogP contribution < -0.4 is 20.4 Å². The lowest BCUT2D eigenvalue weighted by Gasteiger charge is -2.20. The van der Waals surface area contributed by atoms with Gasteiger partial charge in [0.25, 0.3) is 6.20 Å². The number of urea groups is 1. The van der Waals surface area contributed by atoms with Crippen molar-refractivity contribution in [3.8, 4) is 0 Å². The third-order valence-corrected chi connectivity index (χ3v) is 6.08. The van der Waals surface area contributed by atoms with Crippen LogP contribution in [0.1, 0.15) is 62.1 Å². The van der Waals surface area contributed by atoms with E-state index >= 15 is 0 Å². The molecule has 1 heterocycles. The lowest BCUT2D eigenvalue weighted by Crippen LogP contribution is -2.41. The number of aliphatic imine (C=N–C) groups is 1. The highest BCUT2D eigenvalue weighted by Crippen LogP contribution is 2.34. The molecule has 4 rings (SSSR count). The van der Waals surface area contributed by atoms with Crippen molar-refractivity contribution in [2.75, 3.05) is 10.6 Å². The second kappa shape index (κ2) is 10.8. The monoisotopic (exact) mass is 501 g/mol. The van der Waals surface area contributed by atoms with Crippen LogP contribution in [-0.4, -0.2) is 17.2 Å². The predicted molar refractivity (Wildman–Crippen MR) is 125 cm³/mol. The Morgan fingerprint density at radius 2 is 1.86 bits per heavy atom. The Morgan fingerprint density at radius 3 is 2.56 bits per heavy atom. The van der Waals surface area contributed by atoms with Crippen molar-refractivity contribution in [2.45, 2.75) is 57.2 Å². The predicted octanol–water partition coefficient (Wildman–Crippen LogP) is 5.32. The van der Waals surface area contributed by atoms with Crippen molar-refractivity contribution in [3.05, 3.63) is 65.9 Å². The molecule has 11 heteroatoms. The van der Waals surface area contributed by atoms with Crippen LogP contribution in [0, 0.1) is 0 Å². The average molecular weight is 502 g/mol. The fourth-order valence-corrected chi connectivity index (χ4v) is 4.13. The van der Waals surface area contributed by atoms with Gasteiger partial charge in [-0.05, 0) is 47.2 Å². The minimum absolute atomic E-state index is 0.0572. The van der Waals surface area contributed by atoms with Crippen LogP contribution in [-0.2, 0) is 6.18 Å². The van der Waals surface area contributed by atoms with Crippen molar-refractivity contribution in [1.29, 1.82) is 0 Å².